The Hall–Kier alpha value is -1.31. The molecule has 2 nitrogen and oxygen atoms in total. The van der Waals surface area contributed by atoms with Crippen LogP contribution in [0.5, 0.6) is 5.75 Å². The number of aromatic hydroxyl groups is 1. The van der Waals surface area contributed by atoms with E-state index in [1.807, 2.05) is 32.2 Å². The van der Waals surface area contributed by atoms with Gasteiger partial charge in [0.05, 0.1) is 0 Å². The Morgan fingerprint density at radius 2 is 1.83 bits per heavy atom. The second kappa shape index (κ2) is 5.55. The lowest BCUT2D eigenvalue weighted by Crippen LogP contribution is -2.15. The highest BCUT2D eigenvalue weighted by Crippen LogP contribution is 2.26. The molecular formula is C16H23NO. The van der Waals surface area contributed by atoms with Crippen molar-refractivity contribution >= 4 is 6.21 Å². The second-order valence-corrected chi connectivity index (χ2v) is 5.71. The Balaban J connectivity index is 2.09. The lowest BCUT2D eigenvalue weighted by Gasteiger charge is -2.23. The lowest BCUT2D eigenvalue weighted by atomic mass is 9.88. The zero-order chi connectivity index (χ0) is 13.1. The predicted molar refractivity (Wildman–Crippen MR) is 76.6 cm³/mol. The van der Waals surface area contributed by atoms with Crippen LogP contribution in [0.2, 0.25) is 0 Å². The van der Waals surface area contributed by atoms with Gasteiger partial charge >= 0.3 is 0 Å². The molecule has 1 fully saturated rings. The summed E-state index contributed by atoms with van der Waals surface area (Å²) in [6.07, 6.45) is 6.78. The van der Waals surface area contributed by atoms with Crippen molar-refractivity contribution in [3.63, 3.8) is 0 Å². The summed E-state index contributed by atoms with van der Waals surface area (Å²) in [4.78, 5) is 4.65. The highest BCUT2D eigenvalue weighted by molar-refractivity contribution is 5.84. The van der Waals surface area contributed by atoms with Crippen LogP contribution in [0.1, 0.15) is 49.3 Å². The van der Waals surface area contributed by atoms with Crippen LogP contribution >= 0.6 is 0 Å². The van der Waals surface area contributed by atoms with Crippen molar-refractivity contribution in [2.24, 2.45) is 10.9 Å². The topological polar surface area (TPSA) is 32.6 Å². The van der Waals surface area contributed by atoms with E-state index in [4.69, 9.17) is 0 Å². The first-order chi connectivity index (χ1) is 8.56. The van der Waals surface area contributed by atoms with Gasteiger partial charge in [0.1, 0.15) is 5.75 Å². The average molecular weight is 245 g/mol. The number of phenols is 1. The molecule has 1 aliphatic rings. The number of hydrogen-bond donors (Lipinski definition) is 1. The quantitative estimate of drug-likeness (QED) is 0.785. The molecule has 98 valence electrons. The van der Waals surface area contributed by atoms with Gasteiger partial charge in [0.2, 0.25) is 0 Å². The van der Waals surface area contributed by atoms with E-state index in [2.05, 4.69) is 11.9 Å². The number of phenolic OH excluding ortho intramolecular Hbond substituents is 1. The molecular weight excluding hydrogens is 222 g/mol. The summed E-state index contributed by atoms with van der Waals surface area (Å²) in [5.74, 6) is 1.22. The molecule has 18 heavy (non-hydrogen) atoms. The van der Waals surface area contributed by atoms with Crippen LogP contribution in [0.25, 0.3) is 0 Å². The van der Waals surface area contributed by atoms with Gasteiger partial charge in [-0.1, -0.05) is 13.0 Å². The molecule has 1 aliphatic carbocycles. The predicted octanol–water partition coefficient (Wildman–Crippen LogP) is 4.01. The van der Waals surface area contributed by atoms with Crippen LogP contribution in [0.15, 0.2) is 17.1 Å². The van der Waals surface area contributed by atoms with Gasteiger partial charge in [-0.3, -0.25) is 4.99 Å². The molecule has 1 N–H and O–H groups in total. The molecule has 1 saturated carbocycles. The highest BCUT2D eigenvalue weighted by atomic mass is 16.3. The minimum Gasteiger partial charge on any atom is -0.507 e. The van der Waals surface area contributed by atoms with E-state index in [1.165, 1.54) is 31.2 Å². The van der Waals surface area contributed by atoms with Crippen LogP contribution in [-0.2, 0) is 0 Å². The van der Waals surface area contributed by atoms with Gasteiger partial charge < -0.3 is 5.11 Å². The highest BCUT2D eigenvalue weighted by Gasteiger charge is 2.16. The lowest BCUT2D eigenvalue weighted by molar-refractivity contribution is 0.350. The number of hydrogen-bond acceptors (Lipinski definition) is 2. The Morgan fingerprint density at radius 3 is 2.50 bits per heavy atom. The van der Waals surface area contributed by atoms with Crippen molar-refractivity contribution in [1.82, 2.24) is 0 Å². The SMILES string of the molecule is Cc1cc(C)c(O)c(C=NC2CCC(C)CC2)c1. The number of rotatable bonds is 2. The number of benzene rings is 1. The summed E-state index contributed by atoms with van der Waals surface area (Å²) >= 11 is 0. The van der Waals surface area contributed by atoms with E-state index < -0.39 is 0 Å². The summed E-state index contributed by atoms with van der Waals surface area (Å²) in [6.45, 7) is 6.30. The van der Waals surface area contributed by atoms with Gasteiger partial charge in [-0.25, -0.2) is 0 Å². The molecule has 1 aromatic rings. The molecule has 0 bridgehead atoms. The fourth-order valence-electron chi connectivity index (χ4n) is 2.67. The molecule has 0 unspecified atom stereocenters. The third-order valence-electron chi connectivity index (χ3n) is 3.88. The Bertz CT molecular complexity index is 443. The van der Waals surface area contributed by atoms with Crippen LogP contribution in [0, 0.1) is 19.8 Å². The van der Waals surface area contributed by atoms with E-state index in [-0.39, 0.29) is 0 Å². The van der Waals surface area contributed by atoms with Crippen molar-refractivity contribution in [3.8, 4) is 5.75 Å². The third-order valence-corrected chi connectivity index (χ3v) is 3.88. The number of nitrogens with zero attached hydrogens (tertiary/aromatic N) is 1. The van der Waals surface area contributed by atoms with Crippen LogP contribution in [-0.4, -0.2) is 17.4 Å². The molecule has 1 aromatic carbocycles. The van der Waals surface area contributed by atoms with E-state index in [1.54, 1.807) is 0 Å². The minimum atomic E-state index is 0.369. The molecule has 0 heterocycles. The first-order valence-corrected chi connectivity index (χ1v) is 6.89. The summed E-state index contributed by atoms with van der Waals surface area (Å²) in [5, 5.41) is 10.0. The van der Waals surface area contributed by atoms with Crippen molar-refractivity contribution in [1.29, 1.82) is 0 Å². The van der Waals surface area contributed by atoms with Gasteiger partial charge in [-0.15, -0.1) is 0 Å². The smallest absolute Gasteiger partial charge is 0.127 e. The number of aliphatic imine (C=N–C) groups is 1. The first-order valence-electron chi connectivity index (χ1n) is 6.89. The van der Waals surface area contributed by atoms with Crippen molar-refractivity contribution in [2.45, 2.75) is 52.5 Å². The second-order valence-electron chi connectivity index (χ2n) is 5.71. The fraction of sp³-hybridized carbons (Fsp3) is 0.562. The van der Waals surface area contributed by atoms with Crippen molar-refractivity contribution in [2.75, 3.05) is 0 Å². The van der Waals surface area contributed by atoms with Gasteiger partial charge in [0.15, 0.2) is 0 Å². The molecule has 0 saturated heterocycles. The molecule has 0 radical (unpaired) electrons. The molecule has 0 amide bonds. The monoisotopic (exact) mass is 245 g/mol. The molecule has 2 rings (SSSR count). The molecule has 0 atom stereocenters. The van der Waals surface area contributed by atoms with Crippen molar-refractivity contribution < 1.29 is 5.11 Å². The van der Waals surface area contributed by atoms with Gasteiger partial charge in [0.25, 0.3) is 0 Å². The molecule has 0 aliphatic heterocycles. The van der Waals surface area contributed by atoms with E-state index in [0.717, 1.165) is 17.0 Å². The zero-order valence-electron chi connectivity index (χ0n) is 11.6. The maximum absolute atomic E-state index is 10.0. The zero-order valence-corrected chi connectivity index (χ0v) is 11.6. The molecule has 2 heteroatoms. The normalized spacial score (nSPS) is 24.6. The Labute approximate surface area is 110 Å². The van der Waals surface area contributed by atoms with Gasteiger partial charge in [-0.2, -0.15) is 0 Å². The summed E-state index contributed by atoms with van der Waals surface area (Å²) in [5.41, 5.74) is 2.95. The van der Waals surface area contributed by atoms with E-state index in [9.17, 15) is 5.11 Å². The van der Waals surface area contributed by atoms with E-state index in [0.29, 0.717) is 11.8 Å². The van der Waals surface area contributed by atoms with Gasteiger partial charge in [0, 0.05) is 17.8 Å². The van der Waals surface area contributed by atoms with E-state index >= 15 is 0 Å². The molecule has 0 spiro atoms. The Kier molecular flexibility index (Phi) is 4.05. The first kappa shape index (κ1) is 13.1. The fourth-order valence-corrected chi connectivity index (χ4v) is 2.67. The van der Waals surface area contributed by atoms with Crippen molar-refractivity contribution in [3.05, 3.63) is 28.8 Å². The largest absolute Gasteiger partial charge is 0.507 e. The Morgan fingerprint density at radius 1 is 1.17 bits per heavy atom. The maximum Gasteiger partial charge on any atom is 0.127 e. The standard InChI is InChI=1S/C16H23NO/c1-11-4-6-15(7-5-11)17-10-14-9-12(2)8-13(3)16(14)18/h8-11,15,18H,4-7H2,1-3H3. The average Bonchev–Trinajstić information content (AvgIpc) is 2.34. The number of aryl methyl sites for hydroxylation is 2. The minimum absolute atomic E-state index is 0.369. The van der Waals surface area contributed by atoms with Crippen LogP contribution in [0.4, 0.5) is 0 Å². The third kappa shape index (κ3) is 3.12. The van der Waals surface area contributed by atoms with Gasteiger partial charge in [-0.05, 0) is 62.6 Å². The van der Waals surface area contributed by atoms with Crippen LogP contribution in [0.3, 0.4) is 0 Å². The summed E-state index contributed by atoms with van der Waals surface area (Å²) < 4.78 is 0. The summed E-state index contributed by atoms with van der Waals surface area (Å²) in [7, 11) is 0. The van der Waals surface area contributed by atoms with Crippen LogP contribution < -0.4 is 0 Å². The molecule has 0 aromatic heterocycles. The summed E-state index contributed by atoms with van der Waals surface area (Å²) in [6, 6.07) is 4.44. The maximum atomic E-state index is 10.0.